The summed E-state index contributed by atoms with van der Waals surface area (Å²) in [4.78, 5) is 5.76. The van der Waals surface area contributed by atoms with Gasteiger partial charge in [0.25, 0.3) is 0 Å². The minimum absolute atomic E-state index is 0.385. The predicted molar refractivity (Wildman–Crippen MR) is 78.6 cm³/mol. The van der Waals surface area contributed by atoms with E-state index < -0.39 is 0 Å². The number of hydrogen-bond acceptors (Lipinski definition) is 4. The van der Waals surface area contributed by atoms with Crippen LogP contribution in [-0.2, 0) is 6.54 Å². The van der Waals surface area contributed by atoms with E-state index in [4.69, 9.17) is 0 Å². The number of aromatic hydroxyl groups is 1. The molecule has 0 atom stereocenters. The van der Waals surface area contributed by atoms with Crippen molar-refractivity contribution in [1.82, 2.24) is 10.3 Å². The predicted octanol–water partition coefficient (Wildman–Crippen LogP) is 3.38. The van der Waals surface area contributed by atoms with Crippen LogP contribution < -0.4 is 5.32 Å². The first-order chi connectivity index (χ1) is 9.13. The maximum absolute atomic E-state index is 9.81. The van der Waals surface area contributed by atoms with E-state index in [0.717, 1.165) is 34.3 Å². The molecule has 4 heteroatoms. The molecule has 1 aliphatic carbocycles. The molecule has 0 saturated heterocycles. The molecule has 0 radical (unpaired) electrons. The minimum Gasteiger partial charge on any atom is -0.507 e. The molecule has 1 heterocycles. The van der Waals surface area contributed by atoms with Crippen molar-refractivity contribution in [2.24, 2.45) is 0 Å². The highest BCUT2D eigenvalue weighted by atomic mass is 32.1. The van der Waals surface area contributed by atoms with Gasteiger partial charge in [0.05, 0.1) is 0 Å². The molecule has 1 aliphatic rings. The van der Waals surface area contributed by atoms with Gasteiger partial charge in [-0.25, -0.2) is 4.98 Å². The molecule has 2 aromatic rings. The van der Waals surface area contributed by atoms with Gasteiger partial charge in [-0.05, 0) is 49.9 Å². The molecule has 0 amide bonds. The number of nitrogens with one attached hydrogen (secondary N) is 1. The van der Waals surface area contributed by atoms with Crippen LogP contribution in [0.2, 0.25) is 0 Å². The fraction of sp³-hybridized carbons (Fsp3) is 0.400. The zero-order valence-electron chi connectivity index (χ0n) is 11.2. The average molecular weight is 274 g/mol. The number of phenolic OH excluding ortho intramolecular Hbond substituents is 1. The summed E-state index contributed by atoms with van der Waals surface area (Å²) in [5.74, 6) is 0.385. The fourth-order valence-electron chi connectivity index (χ4n) is 2.13. The molecule has 19 heavy (non-hydrogen) atoms. The van der Waals surface area contributed by atoms with E-state index in [1.807, 2.05) is 32.2 Å². The third-order valence-corrected chi connectivity index (χ3v) is 4.48. The van der Waals surface area contributed by atoms with Gasteiger partial charge in [0, 0.05) is 29.2 Å². The van der Waals surface area contributed by atoms with Crippen molar-refractivity contribution in [3.63, 3.8) is 0 Å². The summed E-state index contributed by atoms with van der Waals surface area (Å²) >= 11 is 1.72. The summed E-state index contributed by atoms with van der Waals surface area (Å²) in [6.07, 6.45) is 4.57. The first kappa shape index (κ1) is 12.6. The zero-order chi connectivity index (χ0) is 13.4. The van der Waals surface area contributed by atoms with Gasteiger partial charge in [0.2, 0.25) is 0 Å². The molecule has 1 fully saturated rings. The first-order valence-electron chi connectivity index (χ1n) is 6.62. The van der Waals surface area contributed by atoms with E-state index in [1.165, 1.54) is 17.7 Å². The molecule has 0 aliphatic heterocycles. The standard InChI is InChI=1S/C15H18N2OS/c1-9-5-11(6-10(2)14(9)18)15-17-8-13(19-15)7-16-12-3-4-12/h5-6,8,12,16,18H,3-4,7H2,1-2H3. The second-order valence-corrected chi connectivity index (χ2v) is 6.36. The van der Waals surface area contributed by atoms with Crippen LogP contribution in [0.25, 0.3) is 10.6 Å². The molecule has 3 nitrogen and oxygen atoms in total. The number of aromatic nitrogens is 1. The summed E-state index contributed by atoms with van der Waals surface area (Å²) < 4.78 is 0. The van der Waals surface area contributed by atoms with E-state index in [-0.39, 0.29) is 0 Å². The Hall–Kier alpha value is -1.39. The van der Waals surface area contributed by atoms with Crippen molar-refractivity contribution in [3.05, 3.63) is 34.3 Å². The van der Waals surface area contributed by atoms with E-state index in [2.05, 4.69) is 10.3 Å². The minimum atomic E-state index is 0.385. The molecule has 1 aromatic heterocycles. The molecular weight excluding hydrogens is 256 g/mol. The topological polar surface area (TPSA) is 45.2 Å². The van der Waals surface area contributed by atoms with Crippen LogP contribution in [-0.4, -0.2) is 16.1 Å². The van der Waals surface area contributed by atoms with Gasteiger partial charge in [-0.15, -0.1) is 11.3 Å². The normalized spacial score (nSPS) is 14.8. The molecule has 0 unspecified atom stereocenters. The Morgan fingerprint density at radius 2 is 2.00 bits per heavy atom. The van der Waals surface area contributed by atoms with Crippen molar-refractivity contribution in [2.45, 2.75) is 39.3 Å². The number of hydrogen-bond donors (Lipinski definition) is 2. The van der Waals surface area contributed by atoms with Gasteiger partial charge in [0.15, 0.2) is 0 Å². The molecular formula is C15H18N2OS. The van der Waals surface area contributed by atoms with Crippen LogP contribution in [0.1, 0.15) is 28.8 Å². The maximum atomic E-state index is 9.81. The van der Waals surface area contributed by atoms with Crippen LogP contribution in [0.15, 0.2) is 18.3 Å². The lowest BCUT2D eigenvalue weighted by molar-refractivity contribution is 0.467. The summed E-state index contributed by atoms with van der Waals surface area (Å²) in [6.45, 7) is 4.77. The third-order valence-electron chi connectivity index (χ3n) is 3.43. The highest BCUT2D eigenvalue weighted by Gasteiger charge is 2.20. The highest BCUT2D eigenvalue weighted by Crippen LogP contribution is 2.31. The Labute approximate surface area is 117 Å². The van der Waals surface area contributed by atoms with Gasteiger partial charge in [-0.1, -0.05) is 0 Å². The molecule has 2 N–H and O–H groups in total. The van der Waals surface area contributed by atoms with E-state index >= 15 is 0 Å². The summed E-state index contributed by atoms with van der Waals surface area (Å²) in [5, 5.41) is 14.3. The highest BCUT2D eigenvalue weighted by molar-refractivity contribution is 7.15. The summed E-state index contributed by atoms with van der Waals surface area (Å²) in [5.41, 5.74) is 2.90. The Morgan fingerprint density at radius 1 is 1.32 bits per heavy atom. The lowest BCUT2D eigenvalue weighted by Gasteiger charge is -2.05. The van der Waals surface area contributed by atoms with Crippen molar-refractivity contribution >= 4 is 11.3 Å². The lowest BCUT2D eigenvalue weighted by Crippen LogP contribution is -2.14. The van der Waals surface area contributed by atoms with E-state index in [0.29, 0.717) is 5.75 Å². The maximum Gasteiger partial charge on any atom is 0.123 e. The van der Waals surface area contributed by atoms with Crippen LogP contribution in [0.4, 0.5) is 0 Å². The van der Waals surface area contributed by atoms with Crippen molar-refractivity contribution in [3.8, 4) is 16.3 Å². The number of thiazole rings is 1. The van der Waals surface area contributed by atoms with Crippen LogP contribution in [0.3, 0.4) is 0 Å². The fourth-order valence-corrected chi connectivity index (χ4v) is 2.98. The molecule has 0 bridgehead atoms. The van der Waals surface area contributed by atoms with Crippen LogP contribution >= 0.6 is 11.3 Å². The zero-order valence-corrected chi connectivity index (χ0v) is 12.0. The van der Waals surface area contributed by atoms with Crippen molar-refractivity contribution in [1.29, 1.82) is 0 Å². The van der Waals surface area contributed by atoms with E-state index in [9.17, 15) is 5.11 Å². The number of phenols is 1. The van der Waals surface area contributed by atoms with Crippen LogP contribution in [0, 0.1) is 13.8 Å². The van der Waals surface area contributed by atoms with Gasteiger partial charge >= 0.3 is 0 Å². The third kappa shape index (κ3) is 2.80. The number of rotatable bonds is 4. The number of aryl methyl sites for hydroxylation is 2. The average Bonchev–Trinajstić information content (AvgIpc) is 3.10. The number of nitrogens with zero attached hydrogens (tertiary/aromatic N) is 1. The van der Waals surface area contributed by atoms with Crippen LogP contribution in [0.5, 0.6) is 5.75 Å². The Balaban J connectivity index is 1.81. The van der Waals surface area contributed by atoms with Gasteiger partial charge in [-0.2, -0.15) is 0 Å². The van der Waals surface area contributed by atoms with Gasteiger partial charge in [-0.3, -0.25) is 0 Å². The molecule has 0 spiro atoms. The quantitative estimate of drug-likeness (QED) is 0.898. The molecule has 1 aromatic carbocycles. The second kappa shape index (κ2) is 4.94. The van der Waals surface area contributed by atoms with Crippen molar-refractivity contribution < 1.29 is 5.11 Å². The molecule has 1 saturated carbocycles. The van der Waals surface area contributed by atoms with Crippen molar-refractivity contribution in [2.75, 3.05) is 0 Å². The SMILES string of the molecule is Cc1cc(-c2ncc(CNC3CC3)s2)cc(C)c1O. The summed E-state index contributed by atoms with van der Waals surface area (Å²) in [7, 11) is 0. The van der Waals surface area contributed by atoms with Gasteiger partial charge < -0.3 is 10.4 Å². The second-order valence-electron chi connectivity index (χ2n) is 5.25. The number of benzene rings is 1. The Bertz CT molecular complexity index is 579. The smallest absolute Gasteiger partial charge is 0.123 e. The summed E-state index contributed by atoms with van der Waals surface area (Å²) in [6, 6.07) is 4.72. The lowest BCUT2D eigenvalue weighted by atomic mass is 10.1. The van der Waals surface area contributed by atoms with E-state index in [1.54, 1.807) is 11.3 Å². The molecule has 3 rings (SSSR count). The molecule has 100 valence electrons. The Morgan fingerprint density at radius 3 is 2.63 bits per heavy atom. The van der Waals surface area contributed by atoms with Gasteiger partial charge in [0.1, 0.15) is 10.8 Å². The first-order valence-corrected chi connectivity index (χ1v) is 7.44. The Kier molecular flexibility index (Phi) is 3.29. The largest absolute Gasteiger partial charge is 0.507 e. The monoisotopic (exact) mass is 274 g/mol.